The summed E-state index contributed by atoms with van der Waals surface area (Å²) in [5.41, 5.74) is 7.46. The summed E-state index contributed by atoms with van der Waals surface area (Å²) in [6.45, 7) is 5.91. The number of benzene rings is 3. The van der Waals surface area contributed by atoms with E-state index in [1.54, 1.807) is 0 Å². The van der Waals surface area contributed by atoms with Crippen molar-refractivity contribution in [3.05, 3.63) is 101 Å². The monoisotopic (exact) mass is 566 g/mol. The number of ether oxygens (including phenoxy) is 1. The minimum Gasteiger partial charge on any atom is -0.494 e. The van der Waals surface area contributed by atoms with Crippen LogP contribution in [0.2, 0.25) is 0 Å². The van der Waals surface area contributed by atoms with Crippen molar-refractivity contribution in [2.75, 3.05) is 18.1 Å². The normalized spacial score (nSPS) is 13.1. The molecule has 3 aromatic rings. The fourth-order valence-corrected chi connectivity index (χ4v) is 6.05. The van der Waals surface area contributed by atoms with Gasteiger partial charge in [-0.1, -0.05) is 98.5 Å². The molecule has 0 saturated heterocycles. The predicted octanol–water partition coefficient (Wildman–Crippen LogP) is 9.88. The zero-order valence-electron chi connectivity index (χ0n) is 24.3. The summed E-state index contributed by atoms with van der Waals surface area (Å²) in [7, 11) is -0.984. The number of hydrogen-bond acceptors (Lipinski definition) is 2. The van der Waals surface area contributed by atoms with Crippen LogP contribution >= 0.6 is 0 Å². The molecule has 5 heteroatoms. The van der Waals surface area contributed by atoms with Gasteiger partial charge in [0.2, 0.25) is 5.92 Å². The number of rotatable bonds is 17. The quantitative estimate of drug-likeness (QED) is 0.120. The summed E-state index contributed by atoms with van der Waals surface area (Å²) in [6, 6.07) is 27.8. The Morgan fingerprint density at radius 2 is 1.32 bits per heavy atom. The highest BCUT2D eigenvalue weighted by Gasteiger charge is 2.20. The topological polar surface area (TPSA) is 26.3 Å². The second-order valence-corrected chi connectivity index (χ2v) is 12.3. The van der Waals surface area contributed by atoms with E-state index in [4.69, 9.17) is 4.74 Å². The Hall–Kier alpha value is -2.79. The molecule has 0 aliphatic carbocycles. The fraction of sp³-hybridized carbons (Fsp3) is 0.429. The highest BCUT2D eigenvalue weighted by atomic mass is 32.2. The largest absolute Gasteiger partial charge is 0.494 e. The standard InChI is InChI=1S/C35H44F2O2S/c1-4-33(29-14-9-8-10-15-29)34(30-18-16-28(2)17-19-30)31-20-22-32(23-21-31)39-25-11-6-5-7-12-26-40(38)27-13-24-35(3,36)37/h8-10,14-23H,4-7,11-13,24-27H2,1-3H3/b34-33+. The Balaban J connectivity index is 1.48. The van der Waals surface area contributed by atoms with E-state index in [0.717, 1.165) is 51.2 Å². The Morgan fingerprint density at radius 1 is 0.750 bits per heavy atom. The van der Waals surface area contributed by atoms with E-state index in [0.29, 0.717) is 24.5 Å². The van der Waals surface area contributed by atoms with Crippen LogP contribution in [0.5, 0.6) is 5.75 Å². The van der Waals surface area contributed by atoms with Crippen molar-refractivity contribution < 1.29 is 17.7 Å². The number of hydrogen-bond donors (Lipinski definition) is 0. The first-order chi connectivity index (χ1) is 19.3. The Bertz CT molecular complexity index is 1200. The van der Waals surface area contributed by atoms with Crippen LogP contribution in [0.4, 0.5) is 8.78 Å². The highest BCUT2D eigenvalue weighted by Crippen LogP contribution is 2.35. The first-order valence-electron chi connectivity index (χ1n) is 14.6. The Kier molecular flexibility index (Phi) is 13.1. The van der Waals surface area contributed by atoms with Crippen LogP contribution in [0.1, 0.15) is 87.5 Å². The SMILES string of the molecule is CC/C(=C(/c1ccc(C)cc1)c1ccc(OCCCCCCCS(=O)CCCC(C)(F)F)cc1)c1ccccc1. The molecule has 3 rings (SSSR count). The number of allylic oxidation sites excluding steroid dienone is 1. The molecular weight excluding hydrogens is 522 g/mol. The Labute approximate surface area is 242 Å². The van der Waals surface area contributed by atoms with Gasteiger partial charge in [0.1, 0.15) is 5.75 Å². The fourth-order valence-electron chi connectivity index (χ4n) is 4.85. The molecule has 0 heterocycles. The maximum Gasteiger partial charge on any atom is 0.245 e. The van der Waals surface area contributed by atoms with Crippen LogP contribution in [-0.4, -0.2) is 28.2 Å². The van der Waals surface area contributed by atoms with Gasteiger partial charge in [0.05, 0.1) is 6.61 Å². The van der Waals surface area contributed by atoms with Crippen molar-refractivity contribution in [1.82, 2.24) is 0 Å². The molecule has 1 unspecified atom stereocenters. The molecule has 3 aromatic carbocycles. The maximum atomic E-state index is 12.9. The smallest absolute Gasteiger partial charge is 0.245 e. The van der Waals surface area contributed by atoms with Crippen molar-refractivity contribution >= 4 is 21.9 Å². The van der Waals surface area contributed by atoms with Gasteiger partial charge >= 0.3 is 0 Å². The summed E-state index contributed by atoms with van der Waals surface area (Å²) in [6.07, 6.45) is 6.07. The molecule has 0 fully saturated rings. The van der Waals surface area contributed by atoms with E-state index < -0.39 is 16.7 Å². The molecule has 0 radical (unpaired) electrons. The molecule has 40 heavy (non-hydrogen) atoms. The summed E-state index contributed by atoms with van der Waals surface area (Å²) >= 11 is 0. The van der Waals surface area contributed by atoms with Crippen molar-refractivity contribution in [2.24, 2.45) is 0 Å². The molecule has 0 spiro atoms. The van der Waals surface area contributed by atoms with E-state index in [1.807, 2.05) is 0 Å². The van der Waals surface area contributed by atoms with Gasteiger partial charge in [-0.15, -0.1) is 0 Å². The molecule has 0 aliphatic rings. The van der Waals surface area contributed by atoms with Gasteiger partial charge in [0.25, 0.3) is 0 Å². The molecule has 1 atom stereocenters. The van der Waals surface area contributed by atoms with Gasteiger partial charge < -0.3 is 4.74 Å². The molecule has 0 N–H and O–H groups in total. The molecule has 0 aromatic heterocycles. The molecular formula is C35H44F2O2S. The third-order valence-electron chi connectivity index (χ3n) is 7.03. The molecule has 0 amide bonds. The van der Waals surface area contributed by atoms with Crippen LogP contribution in [0.3, 0.4) is 0 Å². The summed E-state index contributed by atoms with van der Waals surface area (Å²) in [4.78, 5) is 0. The number of aryl methyl sites for hydroxylation is 1. The van der Waals surface area contributed by atoms with E-state index in [1.165, 1.54) is 33.4 Å². The lowest BCUT2D eigenvalue weighted by Gasteiger charge is -2.17. The van der Waals surface area contributed by atoms with Gasteiger partial charge in [-0.05, 0) is 79.5 Å². The number of halogens is 2. The lowest BCUT2D eigenvalue weighted by molar-refractivity contribution is 0.0125. The predicted molar refractivity (Wildman–Crippen MR) is 167 cm³/mol. The van der Waals surface area contributed by atoms with E-state index in [9.17, 15) is 13.0 Å². The highest BCUT2D eigenvalue weighted by molar-refractivity contribution is 7.84. The van der Waals surface area contributed by atoms with Gasteiger partial charge in [-0.2, -0.15) is 0 Å². The van der Waals surface area contributed by atoms with Gasteiger partial charge in [0.15, 0.2) is 0 Å². The zero-order chi connectivity index (χ0) is 28.8. The third-order valence-corrected chi connectivity index (χ3v) is 8.52. The minimum atomic E-state index is -2.66. The zero-order valence-corrected chi connectivity index (χ0v) is 25.1. The van der Waals surface area contributed by atoms with Gasteiger partial charge in [-0.3, -0.25) is 4.21 Å². The Morgan fingerprint density at radius 3 is 1.95 bits per heavy atom. The number of alkyl halides is 2. The lowest BCUT2D eigenvalue weighted by Crippen LogP contribution is -2.12. The van der Waals surface area contributed by atoms with Crippen molar-refractivity contribution in [3.63, 3.8) is 0 Å². The second-order valence-electron chi connectivity index (χ2n) is 10.6. The molecule has 0 bridgehead atoms. The minimum absolute atomic E-state index is 0.181. The van der Waals surface area contributed by atoms with Crippen LogP contribution in [-0.2, 0) is 10.8 Å². The van der Waals surface area contributed by atoms with Crippen LogP contribution in [0, 0.1) is 6.92 Å². The molecule has 2 nitrogen and oxygen atoms in total. The summed E-state index contributed by atoms with van der Waals surface area (Å²) < 4.78 is 43.7. The van der Waals surface area contributed by atoms with E-state index in [2.05, 4.69) is 92.7 Å². The molecule has 0 saturated carbocycles. The molecule has 216 valence electrons. The number of unbranched alkanes of at least 4 members (excludes halogenated alkanes) is 4. The average Bonchev–Trinajstić information content (AvgIpc) is 2.94. The summed E-state index contributed by atoms with van der Waals surface area (Å²) in [5, 5.41) is 0. The van der Waals surface area contributed by atoms with E-state index in [-0.39, 0.29) is 6.42 Å². The third kappa shape index (κ3) is 11.0. The maximum absolute atomic E-state index is 12.9. The van der Waals surface area contributed by atoms with Crippen molar-refractivity contribution in [1.29, 1.82) is 0 Å². The van der Waals surface area contributed by atoms with Crippen LogP contribution in [0.15, 0.2) is 78.9 Å². The summed E-state index contributed by atoms with van der Waals surface area (Å²) in [5.74, 6) is -0.791. The van der Waals surface area contributed by atoms with E-state index >= 15 is 0 Å². The second kappa shape index (κ2) is 16.5. The van der Waals surface area contributed by atoms with Gasteiger partial charge in [-0.25, -0.2) is 8.78 Å². The van der Waals surface area contributed by atoms with Gasteiger partial charge in [0, 0.05) is 28.7 Å². The molecule has 0 aliphatic heterocycles. The first kappa shape index (κ1) is 31.7. The van der Waals surface area contributed by atoms with Crippen molar-refractivity contribution in [3.8, 4) is 5.75 Å². The van der Waals surface area contributed by atoms with Crippen LogP contribution in [0.25, 0.3) is 11.1 Å². The van der Waals surface area contributed by atoms with Crippen molar-refractivity contribution in [2.45, 2.75) is 78.1 Å². The first-order valence-corrected chi connectivity index (χ1v) is 16.1. The average molecular weight is 567 g/mol. The van der Waals surface area contributed by atoms with Crippen LogP contribution < -0.4 is 4.74 Å². The lowest BCUT2D eigenvalue weighted by atomic mass is 9.88.